The van der Waals surface area contributed by atoms with Gasteiger partial charge in [-0.3, -0.25) is 4.79 Å². The van der Waals surface area contributed by atoms with E-state index in [0.717, 1.165) is 42.8 Å². The van der Waals surface area contributed by atoms with Gasteiger partial charge in [0.25, 0.3) is 0 Å². The van der Waals surface area contributed by atoms with Gasteiger partial charge in [-0.2, -0.15) is 5.10 Å². The summed E-state index contributed by atoms with van der Waals surface area (Å²) in [4.78, 5) is 12.5. The average Bonchev–Trinajstić information content (AvgIpc) is 2.83. The van der Waals surface area contributed by atoms with E-state index in [1.807, 2.05) is 23.7 Å². The summed E-state index contributed by atoms with van der Waals surface area (Å²) >= 11 is 0. The fraction of sp³-hybridized carbons (Fsp3) is 0.474. The first kappa shape index (κ1) is 15.4. The molecule has 2 fully saturated rings. The summed E-state index contributed by atoms with van der Waals surface area (Å²) in [5.41, 5.74) is 10.2. The van der Waals surface area contributed by atoms with Crippen LogP contribution in [0.3, 0.4) is 0 Å². The van der Waals surface area contributed by atoms with Crippen molar-refractivity contribution in [3.8, 4) is 5.69 Å². The number of anilines is 1. The van der Waals surface area contributed by atoms with Crippen LogP contribution >= 0.6 is 0 Å². The van der Waals surface area contributed by atoms with Gasteiger partial charge in [0.2, 0.25) is 5.91 Å². The molecule has 0 radical (unpaired) electrons. The minimum absolute atomic E-state index is 0.118. The summed E-state index contributed by atoms with van der Waals surface area (Å²) in [6, 6.07) is 8.55. The van der Waals surface area contributed by atoms with Gasteiger partial charge < -0.3 is 11.1 Å². The van der Waals surface area contributed by atoms with Gasteiger partial charge in [0.1, 0.15) is 0 Å². The predicted octanol–water partition coefficient (Wildman–Crippen LogP) is 2.95. The predicted molar refractivity (Wildman–Crippen MR) is 94.0 cm³/mol. The molecular formula is C19H24N4O. The zero-order valence-electron chi connectivity index (χ0n) is 14.2. The lowest BCUT2D eigenvalue weighted by Gasteiger charge is -2.56. The Balaban J connectivity index is 1.42. The van der Waals surface area contributed by atoms with Gasteiger partial charge in [0, 0.05) is 12.0 Å². The lowest BCUT2D eigenvalue weighted by Crippen LogP contribution is -2.55. The van der Waals surface area contributed by atoms with Gasteiger partial charge in [-0.15, -0.1) is 0 Å². The minimum atomic E-state index is 0.118. The summed E-state index contributed by atoms with van der Waals surface area (Å²) < 4.78 is 1.86. The molecule has 0 atom stereocenters. The lowest BCUT2D eigenvalue weighted by atomic mass is 9.50. The summed E-state index contributed by atoms with van der Waals surface area (Å²) in [6.45, 7) is 4.04. The minimum Gasteiger partial charge on any atom is -0.328 e. The van der Waals surface area contributed by atoms with Gasteiger partial charge in [-0.1, -0.05) is 17.7 Å². The van der Waals surface area contributed by atoms with E-state index in [4.69, 9.17) is 5.73 Å². The van der Waals surface area contributed by atoms with Crippen LogP contribution in [0.15, 0.2) is 30.5 Å². The number of hydrogen-bond donors (Lipinski definition) is 2. The molecule has 24 heavy (non-hydrogen) atoms. The number of aromatic nitrogens is 2. The third kappa shape index (κ3) is 2.53. The van der Waals surface area contributed by atoms with Crippen LogP contribution in [-0.4, -0.2) is 21.7 Å². The maximum absolute atomic E-state index is 12.5. The molecule has 2 aliphatic carbocycles. The van der Waals surface area contributed by atoms with Crippen molar-refractivity contribution in [3.63, 3.8) is 0 Å². The molecule has 1 amide bonds. The molecule has 1 aromatic heterocycles. The Morgan fingerprint density at radius 2 is 1.88 bits per heavy atom. The van der Waals surface area contributed by atoms with E-state index >= 15 is 0 Å². The van der Waals surface area contributed by atoms with Crippen molar-refractivity contribution < 1.29 is 4.79 Å². The number of rotatable bonds is 3. The second-order valence-corrected chi connectivity index (χ2v) is 7.65. The quantitative estimate of drug-likeness (QED) is 0.911. The Bertz CT molecular complexity index is 763. The summed E-state index contributed by atoms with van der Waals surface area (Å²) in [6.07, 6.45) is 5.87. The molecular weight excluding hydrogens is 300 g/mol. The van der Waals surface area contributed by atoms with E-state index in [9.17, 15) is 4.79 Å². The molecule has 5 heteroatoms. The molecule has 0 saturated heterocycles. The topological polar surface area (TPSA) is 72.9 Å². The number of carbonyl (C=O) groups excluding carboxylic acids is 1. The van der Waals surface area contributed by atoms with Crippen LogP contribution in [-0.2, 0) is 4.79 Å². The highest BCUT2D eigenvalue weighted by Gasteiger charge is 2.53. The van der Waals surface area contributed by atoms with Crippen molar-refractivity contribution in [1.29, 1.82) is 0 Å². The lowest BCUT2D eigenvalue weighted by molar-refractivity contribution is -0.132. The molecule has 0 aliphatic heterocycles. The van der Waals surface area contributed by atoms with Crippen molar-refractivity contribution in [2.45, 2.75) is 45.6 Å². The van der Waals surface area contributed by atoms with Crippen molar-refractivity contribution in [2.75, 3.05) is 5.32 Å². The van der Waals surface area contributed by atoms with E-state index < -0.39 is 0 Å². The molecule has 2 saturated carbocycles. The zero-order valence-corrected chi connectivity index (χ0v) is 14.2. The number of hydrogen-bond acceptors (Lipinski definition) is 3. The standard InChI is InChI=1S/C19H24N4O/c1-12-3-5-16(6-4-12)23-13(2)17(11-21-23)22-18(24)14-7-19(8-14)9-15(20)10-19/h3-6,11,14-15H,7-10,20H2,1-2H3,(H,22,24). The van der Waals surface area contributed by atoms with Crippen LogP contribution in [0.5, 0.6) is 0 Å². The Morgan fingerprint density at radius 1 is 1.21 bits per heavy atom. The fourth-order valence-electron chi connectivity index (χ4n) is 4.27. The van der Waals surface area contributed by atoms with Crippen LogP contribution in [0.4, 0.5) is 5.69 Å². The Kier molecular flexibility index (Phi) is 3.49. The Morgan fingerprint density at radius 3 is 2.50 bits per heavy atom. The van der Waals surface area contributed by atoms with Crippen molar-refractivity contribution in [1.82, 2.24) is 9.78 Å². The molecule has 0 bridgehead atoms. The first-order valence-electron chi connectivity index (χ1n) is 8.64. The highest BCUT2D eigenvalue weighted by atomic mass is 16.1. The van der Waals surface area contributed by atoms with Crippen molar-refractivity contribution >= 4 is 11.6 Å². The second kappa shape index (κ2) is 5.45. The maximum Gasteiger partial charge on any atom is 0.227 e. The number of aryl methyl sites for hydroxylation is 1. The monoisotopic (exact) mass is 324 g/mol. The number of carbonyl (C=O) groups is 1. The van der Waals surface area contributed by atoms with Crippen LogP contribution in [0.25, 0.3) is 5.69 Å². The maximum atomic E-state index is 12.5. The van der Waals surface area contributed by atoms with Gasteiger partial charge in [0.15, 0.2) is 0 Å². The molecule has 1 heterocycles. The highest BCUT2D eigenvalue weighted by Crippen LogP contribution is 2.58. The van der Waals surface area contributed by atoms with Gasteiger partial charge in [0.05, 0.1) is 23.3 Å². The SMILES string of the molecule is Cc1ccc(-n2ncc(NC(=O)C3CC4(CC(N)C4)C3)c2C)cc1. The first-order chi connectivity index (χ1) is 11.5. The first-order valence-corrected chi connectivity index (χ1v) is 8.64. The third-order valence-electron chi connectivity index (χ3n) is 5.67. The van der Waals surface area contributed by atoms with Crippen molar-refractivity contribution in [3.05, 3.63) is 41.7 Å². The van der Waals surface area contributed by atoms with Crippen LogP contribution in [0.2, 0.25) is 0 Å². The van der Waals surface area contributed by atoms with E-state index in [-0.39, 0.29) is 11.8 Å². The van der Waals surface area contributed by atoms with E-state index in [1.165, 1.54) is 5.56 Å². The summed E-state index contributed by atoms with van der Waals surface area (Å²) in [5.74, 6) is 0.243. The molecule has 126 valence electrons. The second-order valence-electron chi connectivity index (χ2n) is 7.65. The summed E-state index contributed by atoms with van der Waals surface area (Å²) in [5, 5.41) is 7.48. The number of nitrogens with one attached hydrogen (secondary N) is 1. The van der Waals surface area contributed by atoms with E-state index in [2.05, 4.69) is 29.5 Å². The number of nitrogens with zero attached hydrogens (tertiary/aromatic N) is 2. The van der Waals surface area contributed by atoms with Crippen LogP contribution in [0.1, 0.15) is 36.9 Å². The van der Waals surface area contributed by atoms with Gasteiger partial charge in [-0.25, -0.2) is 4.68 Å². The van der Waals surface area contributed by atoms with E-state index in [0.29, 0.717) is 11.5 Å². The Hall–Kier alpha value is -2.14. The highest BCUT2D eigenvalue weighted by molar-refractivity contribution is 5.93. The largest absolute Gasteiger partial charge is 0.328 e. The smallest absolute Gasteiger partial charge is 0.227 e. The molecule has 4 rings (SSSR count). The normalized spacial score (nSPS) is 28.3. The molecule has 1 spiro atoms. The molecule has 0 unspecified atom stereocenters. The fourth-order valence-corrected chi connectivity index (χ4v) is 4.27. The third-order valence-corrected chi connectivity index (χ3v) is 5.67. The van der Waals surface area contributed by atoms with Gasteiger partial charge >= 0.3 is 0 Å². The molecule has 2 aromatic rings. The van der Waals surface area contributed by atoms with E-state index in [1.54, 1.807) is 6.20 Å². The van der Waals surface area contributed by atoms with Gasteiger partial charge in [-0.05, 0) is 57.1 Å². The van der Waals surface area contributed by atoms with Crippen LogP contribution < -0.4 is 11.1 Å². The molecule has 3 N–H and O–H groups in total. The number of benzene rings is 1. The van der Waals surface area contributed by atoms with Crippen LogP contribution in [0, 0.1) is 25.2 Å². The molecule has 2 aliphatic rings. The van der Waals surface area contributed by atoms with Crippen molar-refractivity contribution in [2.24, 2.45) is 17.1 Å². The molecule has 5 nitrogen and oxygen atoms in total. The molecule has 1 aromatic carbocycles. The zero-order chi connectivity index (χ0) is 16.9. The Labute approximate surface area is 142 Å². The summed E-state index contributed by atoms with van der Waals surface area (Å²) in [7, 11) is 0. The number of amides is 1. The average molecular weight is 324 g/mol. The number of nitrogens with two attached hydrogens (primary N) is 1.